The van der Waals surface area contributed by atoms with Crippen LogP contribution in [-0.4, -0.2) is 56.7 Å². The number of hydrogen-bond donors (Lipinski definition) is 1. The van der Waals surface area contributed by atoms with Crippen molar-refractivity contribution in [2.24, 2.45) is 17.3 Å². The van der Waals surface area contributed by atoms with E-state index in [1.807, 2.05) is 18.2 Å². The van der Waals surface area contributed by atoms with Crippen LogP contribution in [0.25, 0.3) is 0 Å². The van der Waals surface area contributed by atoms with E-state index in [1.54, 1.807) is 12.0 Å². The highest BCUT2D eigenvalue weighted by molar-refractivity contribution is 5.88. The van der Waals surface area contributed by atoms with Crippen molar-refractivity contribution in [3.8, 4) is 11.5 Å². The predicted molar refractivity (Wildman–Crippen MR) is 134 cm³/mol. The Kier molecular flexibility index (Phi) is 8.05. The smallest absolute Gasteiger partial charge is 0.249 e. The second kappa shape index (κ2) is 11.0. The van der Waals surface area contributed by atoms with Gasteiger partial charge in [0, 0.05) is 26.6 Å². The molecule has 35 heavy (non-hydrogen) atoms. The van der Waals surface area contributed by atoms with Crippen LogP contribution in [0.4, 0.5) is 0 Å². The Morgan fingerprint density at radius 3 is 2.74 bits per heavy atom. The summed E-state index contributed by atoms with van der Waals surface area (Å²) in [5, 5.41) is 2.93. The molecule has 2 fully saturated rings. The Labute approximate surface area is 209 Å². The number of amides is 2. The van der Waals surface area contributed by atoms with E-state index in [4.69, 9.17) is 14.2 Å². The van der Waals surface area contributed by atoms with Crippen molar-refractivity contribution < 1.29 is 23.8 Å². The Balaban J connectivity index is 1.42. The average molecular weight is 485 g/mol. The molecule has 5 rings (SSSR count). The molecular formula is C28H40N2O5. The van der Waals surface area contributed by atoms with Crippen molar-refractivity contribution >= 4 is 11.8 Å². The third-order valence-corrected chi connectivity index (χ3v) is 8.28. The number of fused-ring (bicyclic) bond motifs is 1. The zero-order valence-electron chi connectivity index (χ0n) is 21.6. The summed E-state index contributed by atoms with van der Waals surface area (Å²) in [6.07, 6.45) is 8.32. The summed E-state index contributed by atoms with van der Waals surface area (Å²) in [5.41, 5.74) is 2.83. The zero-order valence-corrected chi connectivity index (χ0v) is 21.6. The minimum absolute atomic E-state index is 0.0590. The van der Waals surface area contributed by atoms with Gasteiger partial charge < -0.3 is 24.4 Å². The molecule has 1 aromatic rings. The lowest BCUT2D eigenvalue weighted by atomic mass is 9.48. The highest BCUT2D eigenvalue weighted by Crippen LogP contribution is 2.59. The fourth-order valence-corrected chi connectivity index (χ4v) is 5.96. The first-order valence-corrected chi connectivity index (χ1v) is 12.9. The first kappa shape index (κ1) is 25.5. The lowest BCUT2D eigenvalue weighted by Gasteiger charge is -2.56. The third-order valence-electron chi connectivity index (χ3n) is 8.28. The van der Waals surface area contributed by atoms with Crippen molar-refractivity contribution in [1.82, 2.24) is 10.2 Å². The molecule has 0 aromatic heterocycles. The number of ether oxygens (including phenoxy) is 3. The number of methoxy groups -OCH3 is 2. The number of rotatable bonds is 10. The molecule has 2 bridgehead atoms. The number of carbonyl (C=O) groups excluding carboxylic acids is 2. The van der Waals surface area contributed by atoms with E-state index in [0.717, 1.165) is 30.7 Å². The molecule has 1 aromatic carbocycles. The van der Waals surface area contributed by atoms with Gasteiger partial charge in [-0.3, -0.25) is 9.59 Å². The van der Waals surface area contributed by atoms with Gasteiger partial charge in [0.2, 0.25) is 11.8 Å². The molecule has 0 unspecified atom stereocenters. The fraction of sp³-hybridized carbons (Fsp3) is 0.643. The molecule has 1 saturated heterocycles. The summed E-state index contributed by atoms with van der Waals surface area (Å²) in [6.45, 7) is 6.29. The monoisotopic (exact) mass is 484 g/mol. The minimum atomic E-state index is -0.499. The summed E-state index contributed by atoms with van der Waals surface area (Å²) < 4.78 is 16.8. The Morgan fingerprint density at radius 1 is 1.20 bits per heavy atom. The van der Waals surface area contributed by atoms with Crippen LogP contribution in [0, 0.1) is 17.3 Å². The number of carbonyl (C=O) groups is 2. The van der Waals surface area contributed by atoms with Gasteiger partial charge >= 0.3 is 0 Å². The molecule has 2 amide bonds. The molecule has 3 aliphatic carbocycles. The lowest BCUT2D eigenvalue weighted by molar-refractivity contribution is -0.144. The highest BCUT2D eigenvalue weighted by Gasteiger charge is 2.50. The molecule has 4 aliphatic rings. The van der Waals surface area contributed by atoms with Crippen molar-refractivity contribution in [3.05, 3.63) is 35.4 Å². The molecule has 1 saturated carbocycles. The van der Waals surface area contributed by atoms with Crippen LogP contribution in [0.15, 0.2) is 29.8 Å². The number of benzene rings is 1. The highest BCUT2D eigenvalue weighted by atomic mass is 16.5. The molecular weight excluding hydrogens is 444 g/mol. The number of nitrogens with one attached hydrogen (secondary N) is 1. The van der Waals surface area contributed by atoms with E-state index in [2.05, 4.69) is 25.2 Å². The minimum Gasteiger partial charge on any atom is -0.493 e. The first-order valence-electron chi connectivity index (χ1n) is 12.9. The second-order valence-electron chi connectivity index (χ2n) is 10.7. The van der Waals surface area contributed by atoms with Gasteiger partial charge in [0.05, 0.1) is 13.7 Å². The standard InChI is InChI=1S/C28H40N2O5/c1-28(2)21-10-9-20(22(28)16-21)12-14-35-24-11-8-19(15-25(24)34-4)17-30(26(31)18-33-3)23-7-5-6-13-29-27(23)32/h8-9,11,15,21-23H,5-7,10,12-14,16-18H2,1-4H3,(H,29,32)/t21-,22-,23-/m0/s1. The topological polar surface area (TPSA) is 77.1 Å². The van der Waals surface area contributed by atoms with E-state index in [0.29, 0.717) is 48.9 Å². The van der Waals surface area contributed by atoms with E-state index < -0.39 is 6.04 Å². The second-order valence-corrected chi connectivity index (χ2v) is 10.7. The quantitative estimate of drug-likeness (QED) is 0.506. The molecule has 7 heteroatoms. The maximum Gasteiger partial charge on any atom is 0.249 e. The Morgan fingerprint density at radius 2 is 2.03 bits per heavy atom. The number of allylic oxidation sites excluding steroid dienone is 1. The van der Waals surface area contributed by atoms with E-state index in [9.17, 15) is 9.59 Å². The molecule has 1 heterocycles. The molecule has 1 N–H and O–H groups in total. The van der Waals surface area contributed by atoms with Crippen LogP contribution in [0.1, 0.15) is 57.9 Å². The first-order chi connectivity index (χ1) is 16.8. The molecule has 0 radical (unpaired) electrons. The lowest BCUT2D eigenvalue weighted by Crippen LogP contribution is -2.49. The van der Waals surface area contributed by atoms with Gasteiger partial charge in [0.1, 0.15) is 12.6 Å². The van der Waals surface area contributed by atoms with Gasteiger partial charge in [0.25, 0.3) is 0 Å². The van der Waals surface area contributed by atoms with Crippen molar-refractivity contribution in [1.29, 1.82) is 0 Å². The Bertz CT molecular complexity index is 957. The SMILES string of the molecule is COCC(=O)N(Cc1ccc(OCCC2=CC[C@H]3C[C@@H]2C3(C)C)c(OC)c1)[C@H]1CCCCNC1=O. The van der Waals surface area contributed by atoms with E-state index in [-0.39, 0.29) is 18.4 Å². The number of nitrogens with zero attached hydrogens (tertiary/aromatic N) is 1. The van der Waals surface area contributed by atoms with Crippen molar-refractivity contribution in [2.45, 2.75) is 65.0 Å². The van der Waals surface area contributed by atoms with Gasteiger partial charge in [-0.05, 0) is 67.1 Å². The summed E-state index contributed by atoms with van der Waals surface area (Å²) >= 11 is 0. The summed E-state index contributed by atoms with van der Waals surface area (Å²) in [6, 6.07) is 5.25. The van der Waals surface area contributed by atoms with E-state index in [1.165, 1.54) is 25.5 Å². The van der Waals surface area contributed by atoms with Gasteiger partial charge in [-0.25, -0.2) is 0 Å². The third kappa shape index (κ3) is 5.50. The van der Waals surface area contributed by atoms with Crippen molar-refractivity contribution in [2.75, 3.05) is 34.0 Å². The number of hydrogen-bond acceptors (Lipinski definition) is 5. The van der Waals surface area contributed by atoms with Gasteiger partial charge in [0.15, 0.2) is 11.5 Å². The molecule has 192 valence electrons. The summed E-state index contributed by atoms with van der Waals surface area (Å²) in [5.74, 6) is 2.55. The van der Waals surface area contributed by atoms with Gasteiger partial charge in [-0.2, -0.15) is 0 Å². The van der Waals surface area contributed by atoms with Gasteiger partial charge in [-0.1, -0.05) is 31.6 Å². The Hall–Kier alpha value is -2.54. The van der Waals surface area contributed by atoms with Crippen LogP contribution >= 0.6 is 0 Å². The van der Waals surface area contributed by atoms with Gasteiger partial charge in [-0.15, -0.1) is 0 Å². The van der Waals surface area contributed by atoms with Crippen LogP contribution in [0.2, 0.25) is 0 Å². The maximum atomic E-state index is 12.9. The molecule has 3 atom stereocenters. The molecule has 1 aliphatic heterocycles. The predicted octanol–water partition coefficient (Wildman–Crippen LogP) is 4.10. The average Bonchev–Trinajstić information content (AvgIpc) is 3.07. The van der Waals surface area contributed by atoms with Crippen LogP contribution in [0.3, 0.4) is 0 Å². The van der Waals surface area contributed by atoms with Crippen LogP contribution < -0.4 is 14.8 Å². The molecule has 0 spiro atoms. The summed E-state index contributed by atoms with van der Waals surface area (Å²) in [7, 11) is 3.12. The van der Waals surface area contributed by atoms with Crippen LogP contribution in [-0.2, 0) is 20.9 Å². The maximum absolute atomic E-state index is 12.9. The normalized spacial score (nSPS) is 25.0. The van der Waals surface area contributed by atoms with Crippen molar-refractivity contribution in [3.63, 3.8) is 0 Å². The summed E-state index contributed by atoms with van der Waals surface area (Å²) in [4.78, 5) is 27.1. The largest absolute Gasteiger partial charge is 0.493 e. The fourth-order valence-electron chi connectivity index (χ4n) is 5.96. The van der Waals surface area contributed by atoms with Crippen LogP contribution in [0.5, 0.6) is 11.5 Å². The molecule has 7 nitrogen and oxygen atoms in total. The van der Waals surface area contributed by atoms with E-state index >= 15 is 0 Å². The zero-order chi connectivity index (χ0) is 25.0.